The van der Waals surface area contributed by atoms with E-state index < -0.39 is 10.2 Å². The van der Waals surface area contributed by atoms with Crippen molar-refractivity contribution in [3.8, 4) is 0 Å². The van der Waals surface area contributed by atoms with Crippen LogP contribution >= 0.6 is 15.9 Å². The molecule has 0 aliphatic carbocycles. The van der Waals surface area contributed by atoms with E-state index >= 15 is 0 Å². The number of piperazine rings is 1. The highest BCUT2D eigenvalue weighted by Gasteiger charge is 2.24. The number of hydrogen-bond donors (Lipinski definition) is 2. The van der Waals surface area contributed by atoms with E-state index in [1.807, 2.05) is 26.0 Å². The molecule has 2 N–H and O–H groups in total. The first kappa shape index (κ1) is 14.8. The highest BCUT2D eigenvalue weighted by atomic mass is 79.9. The molecule has 1 aliphatic rings. The van der Waals surface area contributed by atoms with Crippen LogP contribution in [-0.4, -0.2) is 38.9 Å². The van der Waals surface area contributed by atoms with Crippen molar-refractivity contribution < 1.29 is 8.42 Å². The Hall–Kier alpha value is -0.630. The number of aryl methyl sites for hydroxylation is 2. The van der Waals surface area contributed by atoms with Crippen molar-refractivity contribution in [2.75, 3.05) is 30.9 Å². The van der Waals surface area contributed by atoms with Gasteiger partial charge < -0.3 is 5.32 Å². The Bertz CT molecular complexity index is 545. The molecule has 0 amide bonds. The first-order valence-electron chi connectivity index (χ1n) is 6.15. The van der Waals surface area contributed by atoms with Crippen molar-refractivity contribution >= 4 is 31.8 Å². The smallest absolute Gasteiger partial charge is 0.301 e. The van der Waals surface area contributed by atoms with Gasteiger partial charge in [-0.1, -0.05) is 6.07 Å². The fourth-order valence-electron chi connectivity index (χ4n) is 2.12. The van der Waals surface area contributed by atoms with E-state index in [-0.39, 0.29) is 0 Å². The van der Waals surface area contributed by atoms with Crippen LogP contribution in [0.25, 0.3) is 0 Å². The van der Waals surface area contributed by atoms with Crippen LogP contribution in [0, 0.1) is 13.8 Å². The zero-order valence-electron chi connectivity index (χ0n) is 11.0. The van der Waals surface area contributed by atoms with Crippen LogP contribution in [0.2, 0.25) is 0 Å². The van der Waals surface area contributed by atoms with Crippen molar-refractivity contribution in [3.63, 3.8) is 0 Å². The molecule has 0 radical (unpaired) electrons. The monoisotopic (exact) mass is 347 g/mol. The highest BCUT2D eigenvalue weighted by Crippen LogP contribution is 2.29. The lowest BCUT2D eigenvalue weighted by molar-refractivity contribution is 0.362. The van der Waals surface area contributed by atoms with Crippen molar-refractivity contribution in [2.45, 2.75) is 13.8 Å². The third-order valence-electron chi connectivity index (χ3n) is 3.08. The number of nitrogens with zero attached hydrogens (tertiary/aromatic N) is 1. The molecule has 106 valence electrons. The van der Waals surface area contributed by atoms with Gasteiger partial charge in [0.2, 0.25) is 0 Å². The number of nitrogens with one attached hydrogen (secondary N) is 2. The fraction of sp³-hybridized carbons (Fsp3) is 0.500. The summed E-state index contributed by atoms with van der Waals surface area (Å²) in [6.07, 6.45) is 0. The van der Waals surface area contributed by atoms with Gasteiger partial charge in [0.15, 0.2) is 0 Å². The maximum atomic E-state index is 12.3. The summed E-state index contributed by atoms with van der Waals surface area (Å²) >= 11 is 3.42. The standard InChI is InChI=1S/C12H18BrN3O2S/c1-9-7-10(2)12(11(13)8-9)15-19(17,18)16-5-3-14-4-6-16/h7-8,14-15H,3-6H2,1-2H3. The number of anilines is 1. The molecule has 0 unspecified atom stereocenters. The topological polar surface area (TPSA) is 61.4 Å². The molecular formula is C12H18BrN3O2S. The van der Waals surface area contributed by atoms with Crippen LogP contribution < -0.4 is 10.0 Å². The average molecular weight is 348 g/mol. The van der Waals surface area contributed by atoms with Crippen molar-refractivity contribution in [1.29, 1.82) is 0 Å². The van der Waals surface area contributed by atoms with Gasteiger partial charge in [-0.2, -0.15) is 12.7 Å². The summed E-state index contributed by atoms with van der Waals surface area (Å²) in [5, 5.41) is 3.14. The van der Waals surface area contributed by atoms with Gasteiger partial charge in [-0.3, -0.25) is 4.72 Å². The minimum Gasteiger partial charge on any atom is -0.314 e. The Kier molecular flexibility index (Phi) is 4.50. The molecule has 0 atom stereocenters. The lowest BCUT2D eigenvalue weighted by atomic mass is 10.1. The normalized spacial score (nSPS) is 17.4. The predicted molar refractivity (Wildman–Crippen MR) is 80.6 cm³/mol. The molecule has 1 aromatic carbocycles. The Morgan fingerprint density at radius 3 is 2.47 bits per heavy atom. The second-order valence-corrected chi connectivity index (χ2v) is 7.22. The van der Waals surface area contributed by atoms with Crippen molar-refractivity contribution in [1.82, 2.24) is 9.62 Å². The van der Waals surface area contributed by atoms with Crippen molar-refractivity contribution in [3.05, 3.63) is 27.7 Å². The van der Waals surface area contributed by atoms with Gasteiger partial charge in [0, 0.05) is 30.7 Å². The summed E-state index contributed by atoms with van der Waals surface area (Å²) in [4.78, 5) is 0. The molecule has 0 saturated carbocycles. The van der Waals surface area contributed by atoms with Gasteiger partial charge in [-0.15, -0.1) is 0 Å². The first-order valence-corrected chi connectivity index (χ1v) is 8.39. The third-order valence-corrected chi connectivity index (χ3v) is 5.21. The van der Waals surface area contributed by atoms with Gasteiger partial charge in [-0.05, 0) is 47.0 Å². The fourth-order valence-corrected chi connectivity index (χ4v) is 4.35. The SMILES string of the molecule is Cc1cc(C)c(NS(=O)(=O)N2CCNCC2)c(Br)c1. The van der Waals surface area contributed by atoms with Gasteiger partial charge in [0.05, 0.1) is 5.69 Å². The molecule has 1 saturated heterocycles. The second-order valence-electron chi connectivity index (χ2n) is 4.69. The van der Waals surface area contributed by atoms with E-state index in [1.54, 1.807) is 0 Å². The van der Waals surface area contributed by atoms with E-state index in [2.05, 4.69) is 26.0 Å². The van der Waals surface area contributed by atoms with Crippen LogP contribution in [0.15, 0.2) is 16.6 Å². The molecule has 1 aromatic rings. The molecule has 1 aliphatic heterocycles. The molecule has 7 heteroatoms. The summed E-state index contributed by atoms with van der Waals surface area (Å²) in [6, 6.07) is 3.86. The highest BCUT2D eigenvalue weighted by molar-refractivity contribution is 9.10. The molecule has 1 fully saturated rings. The Morgan fingerprint density at radius 2 is 1.89 bits per heavy atom. The van der Waals surface area contributed by atoms with Gasteiger partial charge in [0.1, 0.15) is 0 Å². The Labute approximate surface area is 122 Å². The Morgan fingerprint density at radius 1 is 1.26 bits per heavy atom. The summed E-state index contributed by atoms with van der Waals surface area (Å²) < 4.78 is 29.5. The number of hydrogen-bond acceptors (Lipinski definition) is 3. The van der Waals surface area contributed by atoms with Crippen molar-refractivity contribution in [2.24, 2.45) is 0 Å². The molecule has 0 aromatic heterocycles. The van der Waals surface area contributed by atoms with Crippen LogP contribution in [-0.2, 0) is 10.2 Å². The Balaban J connectivity index is 2.25. The minimum absolute atomic E-state index is 0.498. The molecular weight excluding hydrogens is 330 g/mol. The quantitative estimate of drug-likeness (QED) is 0.873. The lowest BCUT2D eigenvalue weighted by Gasteiger charge is -2.27. The summed E-state index contributed by atoms with van der Waals surface area (Å²) in [5.41, 5.74) is 2.62. The lowest BCUT2D eigenvalue weighted by Crippen LogP contribution is -2.48. The molecule has 5 nitrogen and oxygen atoms in total. The largest absolute Gasteiger partial charge is 0.314 e. The zero-order valence-corrected chi connectivity index (χ0v) is 13.4. The summed E-state index contributed by atoms with van der Waals surface area (Å²) in [7, 11) is -3.48. The van der Waals surface area contributed by atoms with Gasteiger partial charge >= 0.3 is 10.2 Å². The van der Waals surface area contributed by atoms with E-state index in [9.17, 15) is 8.42 Å². The molecule has 0 spiro atoms. The number of rotatable bonds is 3. The number of halogens is 1. The van der Waals surface area contributed by atoms with Gasteiger partial charge in [0.25, 0.3) is 0 Å². The summed E-state index contributed by atoms with van der Waals surface area (Å²) in [6.45, 7) is 6.25. The average Bonchev–Trinajstić information content (AvgIpc) is 2.35. The summed E-state index contributed by atoms with van der Waals surface area (Å²) in [5.74, 6) is 0. The minimum atomic E-state index is -3.48. The first-order chi connectivity index (χ1) is 8.90. The second kappa shape index (κ2) is 5.78. The van der Waals surface area contributed by atoms with Gasteiger partial charge in [-0.25, -0.2) is 0 Å². The molecule has 2 rings (SSSR count). The van der Waals surface area contributed by atoms with E-state index in [0.717, 1.165) is 15.6 Å². The predicted octanol–water partition coefficient (Wildman–Crippen LogP) is 1.63. The van der Waals surface area contributed by atoms with Crippen LogP contribution in [0.5, 0.6) is 0 Å². The van der Waals surface area contributed by atoms with E-state index in [1.165, 1.54) is 4.31 Å². The molecule has 0 bridgehead atoms. The maximum Gasteiger partial charge on any atom is 0.301 e. The van der Waals surface area contributed by atoms with Crippen LogP contribution in [0.4, 0.5) is 5.69 Å². The zero-order chi connectivity index (χ0) is 14.0. The molecule has 19 heavy (non-hydrogen) atoms. The van der Waals surface area contributed by atoms with E-state index in [4.69, 9.17) is 0 Å². The maximum absolute atomic E-state index is 12.3. The van der Waals surface area contributed by atoms with E-state index in [0.29, 0.717) is 31.9 Å². The molecule has 1 heterocycles. The third kappa shape index (κ3) is 3.47. The number of benzene rings is 1. The van der Waals surface area contributed by atoms with Crippen LogP contribution in [0.1, 0.15) is 11.1 Å². The van der Waals surface area contributed by atoms with Crippen LogP contribution in [0.3, 0.4) is 0 Å².